The number of imidazole rings is 1. The van der Waals surface area contributed by atoms with E-state index < -0.39 is 5.97 Å². The first-order valence-corrected chi connectivity index (χ1v) is 7.96. The maximum absolute atomic E-state index is 12.2. The fourth-order valence-corrected chi connectivity index (χ4v) is 2.68. The first kappa shape index (κ1) is 17.5. The molecule has 2 aromatic rings. The van der Waals surface area contributed by atoms with Gasteiger partial charge in [0.05, 0.1) is 17.3 Å². The molecule has 0 saturated carbocycles. The summed E-state index contributed by atoms with van der Waals surface area (Å²) in [5, 5.41) is 0.934. The second-order valence-electron chi connectivity index (χ2n) is 4.98. The van der Waals surface area contributed by atoms with Gasteiger partial charge in [-0.15, -0.1) is 0 Å². The number of nitrogens with one attached hydrogen (secondary N) is 1. The summed E-state index contributed by atoms with van der Waals surface area (Å²) in [6.45, 7) is 1.87. The zero-order valence-electron chi connectivity index (χ0n) is 12.5. The van der Waals surface area contributed by atoms with Gasteiger partial charge in [-0.3, -0.25) is 4.79 Å². The number of aromatic nitrogens is 2. The Morgan fingerprint density at radius 1 is 1.43 bits per heavy atom. The lowest BCUT2D eigenvalue weighted by Gasteiger charge is -2.12. The number of esters is 1. The molecule has 0 radical (unpaired) electrons. The molecule has 23 heavy (non-hydrogen) atoms. The number of benzene rings is 1. The molecule has 1 aromatic carbocycles. The lowest BCUT2D eigenvalue weighted by Crippen LogP contribution is -2.20. The largest absolute Gasteiger partial charge is 0.405 e. The highest BCUT2D eigenvalue weighted by atomic mass is 35.5. The number of aromatic amines is 1. The Hall–Kier alpha value is -1.85. The fourth-order valence-electron chi connectivity index (χ4n) is 2.18. The summed E-state index contributed by atoms with van der Waals surface area (Å²) in [5.41, 5.74) is 1.14. The molecule has 1 N–H and O–H groups in total. The van der Waals surface area contributed by atoms with Crippen LogP contribution in [-0.2, 0) is 9.59 Å². The van der Waals surface area contributed by atoms with Crippen molar-refractivity contribution in [3.63, 3.8) is 0 Å². The Bertz CT molecular complexity index is 700. The van der Waals surface area contributed by atoms with Gasteiger partial charge in [0.2, 0.25) is 5.88 Å². The highest BCUT2D eigenvalue weighted by Gasteiger charge is 2.22. The van der Waals surface area contributed by atoms with Crippen LogP contribution < -0.4 is 4.74 Å². The van der Waals surface area contributed by atoms with Crippen LogP contribution in [0.15, 0.2) is 24.5 Å². The van der Waals surface area contributed by atoms with Crippen molar-refractivity contribution in [2.75, 3.05) is 0 Å². The smallest absolute Gasteiger partial charge is 0.315 e. The topological polar surface area (TPSA) is 72.1 Å². The van der Waals surface area contributed by atoms with E-state index in [0.717, 1.165) is 6.29 Å². The molecule has 7 heteroatoms. The second-order valence-corrected chi connectivity index (χ2v) is 5.82. The van der Waals surface area contributed by atoms with Crippen LogP contribution in [0, 0.1) is 5.92 Å². The number of ether oxygens (including phenoxy) is 1. The Morgan fingerprint density at radius 3 is 2.87 bits per heavy atom. The number of H-pyrrole nitrogens is 1. The molecule has 0 aliphatic carbocycles. The van der Waals surface area contributed by atoms with Gasteiger partial charge in [-0.05, 0) is 31.0 Å². The van der Waals surface area contributed by atoms with E-state index in [9.17, 15) is 9.59 Å². The van der Waals surface area contributed by atoms with Gasteiger partial charge in [-0.1, -0.05) is 30.1 Å². The summed E-state index contributed by atoms with van der Waals surface area (Å²) < 4.78 is 5.39. The van der Waals surface area contributed by atoms with Crippen LogP contribution in [-0.4, -0.2) is 22.2 Å². The summed E-state index contributed by atoms with van der Waals surface area (Å²) in [6, 6.07) is 5.01. The van der Waals surface area contributed by atoms with Crippen molar-refractivity contribution in [2.45, 2.75) is 26.2 Å². The van der Waals surface area contributed by atoms with Crippen molar-refractivity contribution >= 4 is 35.5 Å². The first-order valence-electron chi connectivity index (χ1n) is 7.21. The highest BCUT2D eigenvalue weighted by Crippen LogP contribution is 2.34. The van der Waals surface area contributed by atoms with Crippen LogP contribution in [0.1, 0.15) is 26.2 Å². The second kappa shape index (κ2) is 8.13. The average Bonchev–Trinajstić information content (AvgIpc) is 2.96. The van der Waals surface area contributed by atoms with Crippen molar-refractivity contribution in [3.8, 4) is 17.1 Å². The molecule has 2 rings (SSSR count). The Labute approximate surface area is 144 Å². The number of aldehydes is 1. The minimum Gasteiger partial charge on any atom is -0.405 e. The molecule has 1 aromatic heterocycles. The third-order valence-electron chi connectivity index (χ3n) is 3.46. The summed E-state index contributed by atoms with van der Waals surface area (Å²) in [7, 11) is 0. The number of rotatable bonds is 7. The maximum atomic E-state index is 12.2. The third-order valence-corrected chi connectivity index (χ3v) is 4.01. The lowest BCUT2D eigenvalue weighted by molar-refractivity contribution is -0.139. The van der Waals surface area contributed by atoms with Gasteiger partial charge < -0.3 is 14.5 Å². The minimum absolute atomic E-state index is 0.156. The van der Waals surface area contributed by atoms with Gasteiger partial charge in [0.15, 0.2) is 0 Å². The van der Waals surface area contributed by atoms with Crippen molar-refractivity contribution in [1.82, 2.24) is 9.97 Å². The molecular formula is C16H16Cl2N2O3. The molecule has 122 valence electrons. The van der Waals surface area contributed by atoms with Crippen LogP contribution in [0.3, 0.4) is 0 Å². The van der Waals surface area contributed by atoms with E-state index in [2.05, 4.69) is 9.97 Å². The van der Waals surface area contributed by atoms with E-state index >= 15 is 0 Å². The zero-order valence-corrected chi connectivity index (χ0v) is 14.0. The standard InChI is InChI=1S/C16H16Cl2N2O3/c1-2-10(4-3-7-21)16(22)23-15-14(19-9-20-15)12-6-5-11(17)8-13(12)18/h5-10H,2-4H2,1H3,(H,19,20). The van der Waals surface area contributed by atoms with E-state index in [1.165, 1.54) is 6.33 Å². The molecule has 0 amide bonds. The number of carbonyl (C=O) groups is 2. The molecular weight excluding hydrogens is 339 g/mol. The number of halogens is 2. The van der Waals surface area contributed by atoms with Crippen LogP contribution in [0.25, 0.3) is 11.3 Å². The van der Waals surface area contributed by atoms with Crippen molar-refractivity contribution < 1.29 is 14.3 Å². The molecule has 0 aliphatic heterocycles. The van der Waals surface area contributed by atoms with Crippen LogP contribution >= 0.6 is 23.2 Å². The predicted octanol–water partition coefficient (Wildman–Crippen LogP) is 4.29. The molecule has 1 heterocycles. The number of nitrogens with zero attached hydrogens (tertiary/aromatic N) is 1. The maximum Gasteiger partial charge on any atom is 0.315 e. The van der Waals surface area contributed by atoms with E-state index in [1.54, 1.807) is 18.2 Å². The highest BCUT2D eigenvalue weighted by molar-refractivity contribution is 6.36. The zero-order chi connectivity index (χ0) is 16.8. The molecule has 1 atom stereocenters. The number of hydrogen-bond donors (Lipinski definition) is 1. The minimum atomic E-state index is -0.409. The summed E-state index contributed by atoms with van der Waals surface area (Å²) in [5.74, 6) is -0.595. The molecule has 5 nitrogen and oxygen atoms in total. The molecule has 0 bridgehead atoms. The van der Waals surface area contributed by atoms with Crippen LogP contribution in [0.4, 0.5) is 0 Å². The third kappa shape index (κ3) is 4.33. The van der Waals surface area contributed by atoms with E-state index in [1.807, 2.05) is 6.92 Å². The predicted molar refractivity (Wildman–Crippen MR) is 88.8 cm³/mol. The Morgan fingerprint density at radius 2 is 2.22 bits per heavy atom. The van der Waals surface area contributed by atoms with Gasteiger partial charge in [0, 0.05) is 17.0 Å². The number of hydrogen-bond acceptors (Lipinski definition) is 4. The van der Waals surface area contributed by atoms with Gasteiger partial charge in [-0.25, -0.2) is 4.98 Å². The fraction of sp³-hybridized carbons (Fsp3) is 0.312. The lowest BCUT2D eigenvalue weighted by atomic mass is 10.0. The molecule has 0 fully saturated rings. The van der Waals surface area contributed by atoms with Crippen LogP contribution in [0.2, 0.25) is 10.0 Å². The Balaban J connectivity index is 2.21. The normalized spacial score (nSPS) is 12.0. The van der Waals surface area contributed by atoms with Crippen molar-refractivity contribution in [1.29, 1.82) is 0 Å². The molecule has 0 saturated heterocycles. The van der Waals surface area contributed by atoms with Gasteiger partial charge >= 0.3 is 5.97 Å². The van der Waals surface area contributed by atoms with Gasteiger partial charge in [0.25, 0.3) is 0 Å². The molecule has 0 aliphatic rings. The van der Waals surface area contributed by atoms with Crippen molar-refractivity contribution in [3.05, 3.63) is 34.6 Å². The Kier molecular flexibility index (Phi) is 6.19. The average molecular weight is 355 g/mol. The van der Waals surface area contributed by atoms with Crippen LogP contribution in [0.5, 0.6) is 5.88 Å². The molecule has 1 unspecified atom stereocenters. The monoisotopic (exact) mass is 354 g/mol. The van der Waals surface area contributed by atoms with Gasteiger partial charge in [-0.2, -0.15) is 0 Å². The summed E-state index contributed by atoms with van der Waals surface area (Å²) in [4.78, 5) is 29.6. The summed E-state index contributed by atoms with van der Waals surface area (Å²) >= 11 is 12.1. The van der Waals surface area contributed by atoms with E-state index in [4.69, 9.17) is 27.9 Å². The van der Waals surface area contributed by atoms with E-state index in [0.29, 0.717) is 40.6 Å². The van der Waals surface area contributed by atoms with Gasteiger partial charge in [0.1, 0.15) is 12.0 Å². The number of carbonyl (C=O) groups excluding carboxylic acids is 2. The first-order chi connectivity index (χ1) is 11.1. The quantitative estimate of drug-likeness (QED) is 0.594. The SMILES string of the molecule is CCC(CCC=O)C(=O)Oc1nc[nH]c1-c1ccc(Cl)cc1Cl. The summed E-state index contributed by atoms with van der Waals surface area (Å²) in [6.07, 6.45) is 3.59. The van der Waals surface area contributed by atoms with Crippen molar-refractivity contribution in [2.24, 2.45) is 5.92 Å². The molecule has 0 spiro atoms. The van der Waals surface area contributed by atoms with E-state index in [-0.39, 0.29) is 11.8 Å².